The molecule has 0 saturated heterocycles. The van der Waals surface area contributed by atoms with Gasteiger partial charge in [-0.2, -0.15) is 12.7 Å². The minimum Gasteiger partial charge on any atom is -0.481 e. The van der Waals surface area contributed by atoms with Gasteiger partial charge in [0.15, 0.2) is 0 Å². The Morgan fingerprint density at radius 1 is 1.21 bits per heavy atom. The average molecular weight is 286 g/mol. The summed E-state index contributed by atoms with van der Waals surface area (Å²) in [7, 11) is -0.707. The highest BCUT2D eigenvalue weighted by Gasteiger charge is 2.29. The lowest BCUT2D eigenvalue weighted by atomic mass is 9.85. The Balaban J connectivity index is 2.99. The summed E-state index contributed by atoms with van der Waals surface area (Å²) < 4.78 is 26.7. The fourth-order valence-corrected chi connectivity index (χ4v) is 1.94. The zero-order valence-corrected chi connectivity index (χ0v) is 12.2. The van der Waals surface area contributed by atoms with Gasteiger partial charge in [-0.1, -0.05) is 12.1 Å². The number of rotatable bonds is 5. The minimum atomic E-state index is -3.55. The summed E-state index contributed by atoms with van der Waals surface area (Å²) in [6.07, 6.45) is 0. The summed E-state index contributed by atoms with van der Waals surface area (Å²) in [5, 5.41) is 9.11. The van der Waals surface area contributed by atoms with Crippen LogP contribution in [0.25, 0.3) is 0 Å². The molecular weight excluding hydrogens is 268 g/mol. The lowest BCUT2D eigenvalue weighted by molar-refractivity contribution is -0.142. The second-order valence-electron chi connectivity index (χ2n) is 4.90. The SMILES string of the molecule is CN(C)S(=O)(=O)Nc1ccc(C(C)(C)C(=O)O)cc1. The summed E-state index contributed by atoms with van der Waals surface area (Å²) in [6, 6.07) is 6.28. The van der Waals surface area contributed by atoms with Crippen LogP contribution in [0.1, 0.15) is 19.4 Å². The number of benzene rings is 1. The summed E-state index contributed by atoms with van der Waals surface area (Å²) in [6.45, 7) is 3.18. The molecule has 0 aliphatic carbocycles. The predicted molar refractivity (Wildman–Crippen MR) is 73.3 cm³/mol. The van der Waals surface area contributed by atoms with Gasteiger partial charge in [0.1, 0.15) is 0 Å². The highest BCUT2D eigenvalue weighted by Crippen LogP contribution is 2.25. The first kappa shape index (κ1) is 15.5. The first-order chi connectivity index (χ1) is 8.57. The van der Waals surface area contributed by atoms with Crippen LogP contribution in [0.4, 0.5) is 5.69 Å². The third-order valence-corrected chi connectivity index (χ3v) is 4.32. The van der Waals surface area contributed by atoms with E-state index in [9.17, 15) is 13.2 Å². The van der Waals surface area contributed by atoms with Crippen molar-refractivity contribution in [3.05, 3.63) is 29.8 Å². The number of anilines is 1. The van der Waals surface area contributed by atoms with Gasteiger partial charge in [-0.15, -0.1) is 0 Å². The van der Waals surface area contributed by atoms with Crippen LogP contribution in [0.3, 0.4) is 0 Å². The van der Waals surface area contributed by atoms with Crippen molar-refractivity contribution in [1.29, 1.82) is 0 Å². The van der Waals surface area contributed by atoms with Gasteiger partial charge in [0.25, 0.3) is 0 Å². The molecule has 0 atom stereocenters. The molecule has 0 aliphatic rings. The molecule has 0 spiro atoms. The summed E-state index contributed by atoms with van der Waals surface area (Å²) >= 11 is 0. The number of carbonyl (C=O) groups is 1. The first-order valence-electron chi connectivity index (χ1n) is 5.61. The fraction of sp³-hybridized carbons (Fsp3) is 0.417. The summed E-state index contributed by atoms with van der Waals surface area (Å²) in [5.74, 6) is -0.936. The molecule has 0 saturated carbocycles. The largest absolute Gasteiger partial charge is 0.481 e. The lowest BCUT2D eigenvalue weighted by Crippen LogP contribution is -2.29. The van der Waals surface area contributed by atoms with Gasteiger partial charge in [-0.3, -0.25) is 9.52 Å². The standard InChI is InChI=1S/C12H18N2O4S/c1-12(2,11(15)16)9-5-7-10(8-6-9)13-19(17,18)14(3)4/h5-8,13H,1-4H3,(H,15,16). The molecule has 0 aliphatic heterocycles. The molecule has 1 aromatic carbocycles. The van der Waals surface area contributed by atoms with Crippen LogP contribution in [-0.2, 0) is 20.4 Å². The normalized spacial score (nSPS) is 12.5. The molecule has 0 unspecified atom stereocenters. The van der Waals surface area contributed by atoms with E-state index in [1.165, 1.54) is 14.1 Å². The molecule has 106 valence electrons. The number of hydrogen-bond donors (Lipinski definition) is 2. The molecule has 0 radical (unpaired) electrons. The minimum absolute atomic E-state index is 0.388. The van der Waals surface area contributed by atoms with Gasteiger partial charge in [-0.05, 0) is 31.5 Å². The Kier molecular flexibility index (Phi) is 4.21. The van der Waals surface area contributed by atoms with Gasteiger partial charge in [0, 0.05) is 19.8 Å². The van der Waals surface area contributed by atoms with E-state index in [1.54, 1.807) is 38.1 Å². The van der Waals surface area contributed by atoms with E-state index >= 15 is 0 Å². The third-order valence-electron chi connectivity index (χ3n) is 2.87. The number of carboxylic acid groups (broad SMARTS) is 1. The molecule has 0 heterocycles. The third kappa shape index (κ3) is 3.45. The van der Waals surface area contributed by atoms with Gasteiger partial charge in [-0.25, -0.2) is 0 Å². The van der Waals surface area contributed by atoms with Crippen molar-refractivity contribution >= 4 is 21.9 Å². The Bertz CT molecular complexity index is 562. The van der Waals surface area contributed by atoms with Gasteiger partial charge in [0.2, 0.25) is 0 Å². The van der Waals surface area contributed by atoms with Crippen molar-refractivity contribution in [2.24, 2.45) is 0 Å². The second-order valence-corrected chi connectivity index (χ2v) is 6.78. The lowest BCUT2D eigenvalue weighted by Gasteiger charge is -2.20. The number of nitrogens with one attached hydrogen (secondary N) is 1. The summed E-state index contributed by atoms with van der Waals surface area (Å²) in [4.78, 5) is 11.1. The van der Waals surface area contributed by atoms with Gasteiger partial charge < -0.3 is 5.11 Å². The van der Waals surface area contributed by atoms with E-state index in [0.29, 0.717) is 11.3 Å². The Labute approximate surface area is 113 Å². The van der Waals surface area contributed by atoms with Crippen LogP contribution in [0.2, 0.25) is 0 Å². The van der Waals surface area contributed by atoms with Crippen LogP contribution in [0.15, 0.2) is 24.3 Å². The van der Waals surface area contributed by atoms with E-state index in [1.807, 2.05) is 0 Å². The Morgan fingerprint density at radius 2 is 1.68 bits per heavy atom. The smallest absolute Gasteiger partial charge is 0.313 e. The molecule has 0 aromatic heterocycles. The highest BCUT2D eigenvalue weighted by atomic mass is 32.2. The molecule has 0 bridgehead atoms. The Hall–Kier alpha value is -1.60. The molecule has 0 fully saturated rings. The number of nitrogens with zero attached hydrogens (tertiary/aromatic N) is 1. The van der Waals surface area contributed by atoms with Gasteiger partial charge >= 0.3 is 16.2 Å². The monoisotopic (exact) mass is 286 g/mol. The van der Waals surface area contributed by atoms with Crippen LogP contribution in [-0.4, -0.2) is 37.9 Å². The van der Waals surface area contributed by atoms with Gasteiger partial charge in [0.05, 0.1) is 5.41 Å². The quantitative estimate of drug-likeness (QED) is 0.853. The fourth-order valence-electron chi connectivity index (χ4n) is 1.32. The molecular formula is C12H18N2O4S. The number of aliphatic carboxylic acids is 1. The zero-order chi connectivity index (χ0) is 14.8. The molecule has 2 N–H and O–H groups in total. The van der Waals surface area contributed by atoms with Crippen molar-refractivity contribution in [3.63, 3.8) is 0 Å². The van der Waals surface area contributed by atoms with Crippen LogP contribution >= 0.6 is 0 Å². The topological polar surface area (TPSA) is 86.7 Å². The summed E-state index contributed by atoms with van der Waals surface area (Å²) in [5.41, 5.74) is -0.0229. The van der Waals surface area contributed by atoms with E-state index in [-0.39, 0.29) is 0 Å². The maximum atomic E-state index is 11.6. The maximum absolute atomic E-state index is 11.6. The molecule has 1 rings (SSSR count). The Morgan fingerprint density at radius 3 is 2.05 bits per heavy atom. The van der Waals surface area contributed by atoms with Crippen molar-refractivity contribution in [1.82, 2.24) is 4.31 Å². The van der Waals surface area contributed by atoms with Crippen molar-refractivity contribution in [2.45, 2.75) is 19.3 Å². The maximum Gasteiger partial charge on any atom is 0.313 e. The highest BCUT2D eigenvalue weighted by molar-refractivity contribution is 7.90. The zero-order valence-electron chi connectivity index (χ0n) is 11.3. The van der Waals surface area contributed by atoms with Crippen molar-refractivity contribution in [2.75, 3.05) is 18.8 Å². The van der Waals surface area contributed by atoms with Crippen LogP contribution in [0, 0.1) is 0 Å². The predicted octanol–water partition coefficient (Wildman–Crippen LogP) is 1.27. The molecule has 0 amide bonds. The number of carboxylic acids is 1. The van der Waals surface area contributed by atoms with E-state index < -0.39 is 21.6 Å². The number of hydrogen-bond acceptors (Lipinski definition) is 3. The van der Waals surface area contributed by atoms with E-state index in [0.717, 1.165) is 4.31 Å². The second kappa shape index (κ2) is 5.18. The first-order valence-corrected chi connectivity index (χ1v) is 7.05. The molecule has 7 heteroatoms. The van der Waals surface area contributed by atoms with Crippen LogP contribution in [0.5, 0.6) is 0 Å². The molecule has 6 nitrogen and oxygen atoms in total. The molecule has 19 heavy (non-hydrogen) atoms. The van der Waals surface area contributed by atoms with E-state index in [2.05, 4.69) is 4.72 Å². The average Bonchev–Trinajstić information content (AvgIpc) is 2.28. The van der Waals surface area contributed by atoms with Crippen molar-refractivity contribution in [3.8, 4) is 0 Å². The van der Waals surface area contributed by atoms with Crippen molar-refractivity contribution < 1.29 is 18.3 Å². The molecule has 1 aromatic rings. The van der Waals surface area contributed by atoms with Crippen LogP contribution < -0.4 is 4.72 Å². The van der Waals surface area contributed by atoms with E-state index in [4.69, 9.17) is 5.11 Å².